The Bertz CT molecular complexity index is 1530. The molecule has 0 amide bonds. The molecule has 3 aromatic carbocycles. The summed E-state index contributed by atoms with van der Waals surface area (Å²) in [6.45, 7) is 4.82. The third-order valence-electron chi connectivity index (χ3n) is 6.93. The second-order valence-corrected chi connectivity index (χ2v) is 14.1. The van der Waals surface area contributed by atoms with Crippen molar-refractivity contribution in [1.29, 1.82) is 0 Å². The van der Waals surface area contributed by atoms with Gasteiger partial charge >= 0.3 is 21.3 Å². The molecule has 13 heteroatoms. The molecule has 1 aliphatic heterocycles. The second kappa shape index (κ2) is 12.2. The van der Waals surface area contributed by atoms with Gasteiger partial charge in [-0.3, -0.25) is 4.55 Å². The summed E-state index contributed by atoms with van der Waals surface area (Å²) in [5.74, 6) is -6.14. The van der Waals surface area contributed by atoms with E-state index in [9.17, 15) is 30.8 Å². The van der Waals surface area contributed by atoms with Crippen LogP contribution in [0.3, 0.4) is 0 Å². The van der Waals surface area contributed by atoms with Crippen LogP contribution in [0.1, 0.15) is 43.6 Å². The Balaban J connectivity index is 1.61. The van der Waals surface area contributed by atoms with Crippen LogP contribution in [0, 0.1) is 5.92 Å². The Hall–Kier alpha value is -2.97. The molecule has 1 aliphatic rings. The Labute approximate surface area is 250 Å². The van der Waals surface area contributed by atoms with Crippen LogP contribution >= 0.6 is 0 Å². The van der Waals surface area contributed by atoms with Gasteiger partial charge in [0.15, 0.2) is 26.6 Å². The minimum absolute atomic E-state index is 0.107. The number of rotatable bonds is 9. The zero-order chi connectivity index (χ0) is 31.8. The molecular formula is C30H31F4O7S2+. The Kier molecular flexibility index (Phi) is 9.34. The molecule has 43 heavy (non-hydrogen) atoms. The lowest BCUT2D eigenvalue weighted by Gasteiger charge is -2.44. The van der Waals surface area contributed by atoms with Crippen LogP contribution in [0.5, 0.6) is 0 Å². The van der Waals surface area contributed by atoms with E-state index in [1.54, 1.807) is 45.0 Å². The zero-order valence-electron chi connectivity index (χ0n) is 23.7. The van der Waals surface area contributed by atoms with E-state index in [1.165, 1.54) is 12.1 Å². The Morgan fingerprint density at radius 3 is 1.98 bits per heavy atom. The molecular weight excluding hydrogens is 612 g/mol. The molecule has 0 radical (unpaired) electrons. The fraction of sp³-hybridized carbons (Fsp3) is 0.367. The van der Waals surface area contributed by atoms with E-state index in [0.29, 0.717) is 12.5 Å². The SMILES string of the molecule is CC(C)C1OC(C)(c2ccc([S+](c3ccccc3)c3ccc(C(=O)OC(C)C(F)(F)S(=O)(=O)O)cc3)cc2)OCC1(F)F. The van der Waals surface area contributed by atoms with Crippen LogP contribution in [0.25, 0.3) is 0 Å². The molecule has 1 saturated heterocycles. The highest BCUT2D eigenvalue weighted by molar-refractivity contribution is 7.97. The van der Waals surface area contributed by atoms with E-state index in [-0.39, 0.29) is 5.56 Å². The van der Waals surface area contributed by atoms with Crippen molar-refractivity contribution in [3.63, 3.8) is 0 Å². The van der Waals surface area contributed by atoms with Gasteiger partial charge in [-0.1, -0.05) is 32.0 Å². The van der Waals surface area contributed by atoms with Crippen molar-refractivity contribution < 1.29 is 49.5 Å². The maximum Gasteiger partial charge on any atom is 0.405 e. The smallest absolute Gasteiger partial charge is 0.405 e. The van der Waals surface area contributed by atoms with Gasteiger partial charge in [0.1, 0.15) is 12.7 Å². The average Bonchev–Trinajstić information content (AvgIpc) is 2.95. The molecule has 0 aliphatic carbocycles. The van der Waals surface area contributed by atoms with Gasteiger partial charge in [0.2, 0.25) is 0 Å². The maximum atomic E-state index is 14.4. The molecule has 0 bridgehead atoms. The van der Waals surface area contributed by atoms with E-state index >= 15 is 0 Å². The van der Waals surface area contributed by atoms with Crippen LogP contribution < -0.4 is 0 Å². The van der Waals surface area contributed by atoms with Gasteiger partial charge in [-0.2, -0.15) is 17.2 Å². The van der Waals surface area contributed by atoms with Gasteiger partial charge in [0.25, 0.3) is 5.92 Å². The summed E-state index contributed by atoms with van der Waals surface area (Å²) in [7, 11) is -6.51. The van der Waals surface area contributed by atoms with Crippen molar-refractivity contribution in [3.8, 4) is 0 Å². The van der Waals surface area contributed by atoms with Gasteiger partial charge in [-0.15, -0.1) is 0 Å². The number of carbonyl (C=O) groups excluding carboxylic acids is 1. The topological polar surface area (TPSA) is 99.1 Å². The first-order chi connectivity index (χ1) is 20.0. The molecule has 0 saturated carbocycles. The van der Waals surface area contributed by atoms with Gasteiger partial charge in [-0.05, 0) is 80.4 Å². The highest BCUT2D eigenvalue weighted by Gasteiger charge is 2.53. The summed E-state index contributed by atoms with van der Waals surface area (Å²) in [4.78, 5) is 15.0. The van der Waals surface area contributed by atoms with Crippen molar-refractivity contribution in [2.75, 3.05) is 6.61 Å². The number of benzene rings is 3. The molecule has 4 atom stereocenters. The van der Waals surface area contributed by atoms with E-state index in [0.717, 1.165) is 14.7 Å². The monoisotopic (exact) mass is 643 g/mol. The van der Waals surface area contributed by atoms with Gasteiger partial charge in [0.05, 0.1) is 16.5 Å². The van der Waals surface area contributed by atoms with Crippen LogP contribution in [0.4, 0.5) is 17.6 Å². The lowest BCUT2D eigenvalue weighted by atomic mass is 9.97. The summed E-state index contributed by atoms with van der Waals surface area (Å²) >= 11 is 0. The molecule has 3 aromatic rings. The van der Waals surface area contributed by atoms with Gasteiger partial charge in [0, 0.05) is 5.56 Å². The molecule has 232 valence electrons. The highest BCUT2D eigenvalue weighted by atomic mass is 32.2. The summed E-state index contributed by atoms with van der Waals surface area (Å²) in [6.07, 6.45) is -3.76. The van der Waals surface area contributed by atoms with Crippen molar-refractivity contribution in [1.82, 2.24) is 0 Å². The minimum atomic E-state index is -5.79. The first kappa shape index (κ1) is 32.9. The summed E-state index contributed by atoms with van der Waals surface area (Å²) < 4.78 is 103. The van der Waals surface area contributed by atoms with E-state index in [2.05, 4.69) is 4.74 Å². The quantitative estimate of drug-likeness (QED) is 0.120. The molecule has 4 rings (SSSR count). The summed E-state index contributed by atoms with van der Waals surface area (Å²) in [5.41, 5.74) is 0.452. The fourth-order valence-corrected chi connectivity index (χ4v) is 7.08. The predicted octanol–water partition coefficient (Wildman–Crippen LogP) is 6.69. The van der Waals surface area contributed by atoms with E-state index < -0.39 is 68.7 Å². The number of esters is 1. The number of ether oxygens (including phenoxy) is 3. The summed E-state index contributed by atoms with van der Waals surface area (Å²) in [5, 5.41) is -4.68. The Morgan fingerprint density at radius 2 is 1.47 bits per heavy atom. The predicted molar refractivity (Wildman–Crippen MR) is 151 cm³/mol. The van der Waals surface area contributed by atoms with Crippen molar-refractivity contribution in [2.45, 2.75) is 71.6 Å². The lowest BCUT2D eigenvalue weighted by molar-refractivity contribution is -0.368. The van der Waals surface area contributed by atoms with Gasteiger partial charge in [-0.25, -0.2) is 13.6 Å². The fourth-order valence-electron chi connectivity index (χ4n) is 4.55. The molecule has 4 unspecified atom stereocenters. The van der Waals surface area contributed by atoms with Gasteiger partial charge < -0.3 is 14.2 Å². The van der Waals surface area contributed by atoms with Crippen molar-refractivity contribution in [3.05, 3.63) is 90.0 Å². The maximum absolute atomic E-state index is 14.4. The number of alkyl halides is 4. The second-order valence-electron chi connectivity index (χ2n) is 10.5. The number of halogens is 4. The molecule has 1 fully saturated rings. The zero-order valence-corrected chi connectivity index (χ0v) is 25.3. The van der Waals surface area contributed by atoms with Crippen molar-refractivity contribution in [2.24, 2.45) is 5.92 Å². The lowest BCUT2D eigenvalue weighted by Crippen LogP contribution is -2.54. The number of hydrogen-bond acceptors (Lipinski definition) is 6. The molecule has 7 nitrogen and oxygen atoms in total. The molecule has 0 spiro atoms. The summed E-state index contributed by atoms with van der Waals surface area (Å²) in [6, 6.07) is 22.6. The molecule has 0 aromatic heterocycles. The third-order valence-corrected chi connectivity index (χ3v) is 10.2. The van der Waals surface area contributed by atoms with E-state index in [4.69, 9.17) is 14.0 Å². The van der Waals surface area contributed by atoms with Crippen LogP contribution in [-0.2, 0) is 41.0 Å². The number of hydrogen-bond donors (Lipinski definition) is 1. The molecule has 1 N–H and O–H groups in total. The normalized spacial score (nSPS) is 22.1. The van der Waals surface area contributed by atoms with E-state index in [1.807, 2.05) is 42.5 Å². The highest BCUT2D eigenvalue weighted by Crippen LogP contribution is 2.42. The average molecular weight is 644 g/mol. The van der Waals surface area contributed by atoms with Crippen LogP contribution in [0.2, 0.25) is 0 Å². The Morgan fingerprint density at radius 1 is 0.953 bits per heavy atom. The van der Waals surface area contributed by atoms with Crippen molar-refractivity contribution >= 4 is 27.0 Å². The van der Waals surface area contributed by atoms with Crippen LogP contribution in [0.15, 0.2) is 93.5 Å². The first-order valence-electron chi connectivity index (χ1n) is 13.2. The standard InChI is InChI=1S/C30H30F4O7S2/c1-19(2)26-29(31,32)18-39-28(4,41-26)22-12-16-25(17-13-22)42(23-8-6-5-7-9-23)24-14-10-21(11-15-24)27(35)40-20(3)30(33,34)43(36,37)38/h5-17,19-20,26H,18H2,1-4H3/p+1. The first-order valence-corrected chi connectivity index (χ1v) is 15.9. The largest absolute Gasteiger partial charge is 0.451 e. The van der Waals surface area contributed by atoms with Crippen LogP contribution in [-0.4, -0.2) is 48.9 Å². The number of carbonyl (C=O) groups is 1. The third kappa shape index (κ3) is 6.91. The minimum Gasteiger partial charge on any atom is -0.451 e. The molecule has 1 heterocycles.